The molecule has 0 fully saturated rings. The quantitative estimate of drug-likeness (QED) is 0.608. The third-order valence-corrected chi connectivity index (χ3v) is 2.83. The summed E-state index contributed by atoms with van der Waals surface area (Å²) in [5, 5.41) is 10.3. The predicted molar refractivity (Wildman–Crippen MR) is 62.3 cm³/mol. The molecular formula is C10H10BrNOS. The summed E-state index contributed by atoms with van der Waals surface area (Å²) < 4.78 is 6.48. The molecule has 0 radical (unpaired) electrons. The van der Waals surface area contributed by atoms with Crippen LogP contribution in [0.5, 0.6) is 5.75 Å². The maximum absolute atomic E-state index is 8.29. The number of benzene rings is 1. The number of nitriles is 1. The number of thiocyanates is 1. The van der Waals surface area contributed by atoms with E-state index in [0.717, 1.165) is 22.4 Å². The number of halogens is 1. The average Bonchev–Trinajstić information content (AvgIpc) is 2.20. The van der Waals surface area contributed by atoms with E-state index in [2.05, 4.69) is 15.9 Å². The van der Waals surface area contributed by atoms with Crippen molar-refractivity contribution in [3.8, 4) is 11.2 Å². The van der Waals surface area contributed by atoms with Crippen molar-refractivity contribution in [1.82, 2.24) is 0 Å². The smallest absolute Gasteiger partial charge is 0.133 e. The number of nitrogens with zero attached hydrogens (tertiary/aromatic N) is 1. The van der Waals surface area contributed by atoms with E-state index in [1.54, 1.807) is 0 Å². The van der Waals surface area contributed by atoms with Crippen molar-refractivity contribution in [3.63, 3.8) is 0 Å². The number of para-hydroxylation sites is 1. The van der Waals surface area contributed by atoms with Crippen LogP contribution in [0.1, 0.15) is 6.42 Å². The van der Waals surface area contributed by atoms with Crippen LogP contribution in [0.2, 0.25) is 0 Å². The van der Waals surface area contributed by atoms with E-state index in [9.17, 15) is 0 Å². The van der Waals surface area contributed by atoms with Gasteiger partial charge >= 0.3 is 0 Å². The van der Waals surface area contributed by atoms with Gasteiger partial charge in [0.25, 0.3) is 0 Å². The molecule has 0 bridgehead atoms. The Bertz CT molecular complexity index is 324. The molecule has 0 aliphatic carbocycles. The molecule has 0 N–H and O–H groups in total. The second-order valence-electron chi connectivity index (χ2n) is 2.57. The van der Waals surface area contributed by atoms with Gasteiger partial charge in [0.15, 0.2) is 0 Å². The molecule has 14 heavy (non-hydrogen) atoms. The first kappa shape index (κ1) is 11.4. The van der Waals surface area contributed by atoms with Gasteiger partial charge in [-0.3, -0.25) is 0 Å². The van der Waals surface area contributed by atoms with E-state index in [1.807, 2.05) is 29.7 Å². The lowest BCUT2D eigenvalue weighted by atomic mass is 10.3. The van der Waals surface area contributed by atoms with Crippen molar-refractivity contribution in [1.29, 1.82) is 5.26 Å². The van der Waals surface area contributed by atoms with Crippen LogP contribution in [0.15, 0.2) is 28.7 Å². The standard InChI is InChI=1S/C10H10BrNOS/c11-9-4-1-2-5-10(9)13-6-3-7-14-8-12/h1-2,4-5H,3,6-7H2. The van der Waals surface area contributed by atoms with Crippen LogP contribution in [-0.2, 0) is 0 Å². The van der Waals surface area contributed by atoms with Gasteiger partial charge in [-0.25, -0.2) is 0 Å². The molecule has 4 heteroatoms. The average molecular weight is 272 g/mol. The van der Waals surface area contributed by atoms with Crippen LogP contribution >= 0.6 is 27.7 Å². The minimum absolute atomic E-state index is 0.650. The van der Waals surface area contributed by atoms with Crippen LogP contribution in [0.25, 0.3) is 0 Å². The first-order chi connectivity index (χ1) is 6.84. The normalized spacial score (nSPS) is 9.43. The molecule has 0 spiro atoms. The van der Waals surface area contributed by atoms with E-state index in [1.165, 1.54) is 11.8 Å². The fourth-order valence-electron chi connectivity index (χ4n) is 0.921. The van der Waals surface area contributed by atoms with Crippen LogP contribution in [-0.4, -0.2) is 12.4 Å². The van der Waals surface area contributed by atoms with Gasteiger partial charge in [0.1, 0.15) is 11.2 Å². The van der Waals surface area contributed by atoms with Crippen molar-refractivity contribution in [2.75, 3.05) is 12.4 Å². The third-order valence-electron chi connectivity index (χ3n) is 1.55. The Morgan fingerprint density at radius 1 is 1.43 bits per heavy atom. The maximum atomic E-state index is 8.29. The lowest BCUT2D eigenvalue weighted by Crippen LogP contribution is -1.98. The largest absolute Gasteiger partial charge is 0.492 e. The zero-order chi connectivity index (χ0) is 10.2. The summed E-state index contributed by atoms with van der Waals surface area (Å²) in [5.41, 5.74) is 0. The fourth-order valence-corrected chi connectivity index (χ4v) is 1.67. The third kappa shape index (κ3) is 4.03. The molecule has 1 rings (SSSR count). The highest BCUT2D eigenvalue weighted by Gasteiger charge is 1.98. The number of ether oxygens (including phenoxy) is 1. The van der Waals surface area contributed by atoms with Crippen molar-refractivity contribution in [2.45, 2.75) is 6.42 Å². The molecule has 74 valence electrons. The Labute approximate surface area is 96.4 Å². The van der Waals surface area contributed by atoms with E-state index in [4.69, 9.17) is 10.00 Å². The van der Waals surface area contributed by atoms with E-state index >= 15 is 0 Å². The van der Waals surface area contributed by atoms with E-state index in [0.29, 0.717) is 6.61 Å². The highest BCUT2D eigenvalue weighted by atomic mass is 79.9. The number of hydrogen-bond donors (Lipinski definition) is 0. The highest BCUT2D eigenvalue weighted by Crippen LogP contribution is 2.23. The molecule has 2 nitrogen and oxygen atoms in total. The topological polar surface area (TPSA) is 33.0 Å². The lowest BCUT2D eigenvalue weighted by Gasteiger charge is -2.06. The molecule has 0 aromatic heterocycles. The van der Waals surface area contributed by atoms with Gasteiger partial charge in [0.2, 0.25) is 0 Å². The van der Waals surface area contributed by atoms with Gasteiger partial charge in [-0.15, -0.1) is 0 Å². The Hall–Kier alpha value is -0.660. The van der Waals surface area contributed by atoms with Crippen molar-refractivity contribution in [2.24, 2.45) is 0 Å². The molecule has 0 amide bonds. The van der Waals surface area contributed by atoms with Gasteiger partial charge < -0.3 is 4.74 Å². The Morgan fingerprint density at radius 2 is 2.21 bits per heavy atom. The Balaban J connectivity index is 2.25. The van der Waals surface area contributed by atoms with Crippen molar-refractivity contribution >= 4 is 27.7 Å². The van der Waals surface area contributed by atoms with Crippen LogP contribution < -0.4 is 4.74 Å². The van der Waals surface area contributed by atoms with Crippen LogP contribution in [0.4, 0.5) is 0 Å². The summed E-state index contributed by atoms with van der Waals surface area (Å²) in [6.45, 7) is 0.650. The van der Waals surface area contributed by atoms with Gasteiger partial charge in [-0.2, -0.15) is 5.26 Å². The van der Waals surface area contributed by atoms with Crippen LogP contribution in [0, 0.1) is 10.7 Å². The van der Waals surface area contributed by atoms with Gasteiger partial charge in [-0.1, -0.05) is 12.1 Å². The first-order valence-electron chi connectivity index (χ1n) is 4.23. The van der Waals surface area contributed by atoms with Crippen molar-refractivity contribution in [3.05, 3.63) is 28.7 Å². The molecular weight excluding hydrogens is 262 g/mol. The van der Waals surface area contributed by atoms with Gasteiger partial charge in [0, 0.05) is 5.75 Å². The minimum atomic E-state index is 0.650. The molecule has 0 heterocycles. The lowest BCUT2D eigenvalue weighted by molar-refractivity contribution is 0.317. The van der Waals surface area contributed by atoms with Gasteiger partial charge in [0.05, 0.1) is 11.1 Å². The maximum Gasteiger partial charge on any atom is 0.133 e. The van der Waals surface area contributed by atoms with Gasteiger partial charge in [-0.05, 0) is 46.2 Å². The van der Waals surface area contributed by atoms with Crippen molar-refractivity contribution < 1.29 is 4.74 Å². The van der Waals surface area contributed by atoms with E-state index < -0.39 is 0 Å². The van der Waals surface area contributed by atoms with Crippen LogP contribution in [0.3, 0.4) is 0 Å². The first-order valence-corrected chi connectivity index (χ1v) is 6.00. The molecule has 0 aliphatic rings. The summed E-state index contributed by atoms with van der Waals surface area (Å²) in [6.07, 6.45) is 0.888. The molecule has 0 atom stereocenters. The summed E-state index contributed by atoms with van der Waals surface area (Å²) in [7, 11) is 0. The zero-order valence-corrected chi connectivity index (χ0v) is 9.97. The number of hydrogen-bond acceptors (Lipinski definition) is 3. The monoisotopic (exact) mass is 271 g/mol. The Morgan fingerprint density at radius 3 is 2.93 bits per heavy atom. The summed E-state index contributed by atoms with van der Waals surface area (Å²) in [5.74, 6) is 1.68. The summed E-state index contributed by atoms with van der Waals surface area (Å²) in [4.78, 5) is 0. The number of thioether (sulfide) groups is 1. The molecule has 0 unspecified atom stereocenters. The Kier molecular flexibility index (Phi) is 5.50. The zero-order valence-electron chi connectivity index (χ0n) is 7.57. The second kappa shape index (κ2) is 6.74. The molecule has 0 aliphatic heterocycles. The fraction of sp³-hybridized carbons (Fsp3) is 0.300. The molecule has 1 aromatic carbocycles. The summed E-state index contributed by atoms with van der Waals surface area (Å²) in [6, 6.07) is 7.74. The molecule has 0 saturated carbocycles. The minimum Gasteiger partial charge on any atom is -0.492 e. The predicted octanol–water partition coefficient (Wildman–Crippen LogP) is 3.43. The molecule has 1 aromatic rings. The SMILES string of the molecule is N#CSCCCOc1ccccc1Br. The summed E-state index contributed by atoms with van der Waals surface area (Å²) >= 11 is 4.66. The molecule has 0 saturated heterocycles. The van der Waals surface area contributed by atoms with E-state index in [-0.39, 0.29) is 0 Å². The highest BCUT2D eigenvalue weighted by molar-refractivity contribution is 9.10. The second-order valence-corrected chi connectivity index (χ2v) is 4.31. The number of rotatable bonds is 5.